The van der Waals surface area contributed by atoms with Crippen LogP contribution >= 0.6 is 11.6 Å². The van der Waals surface area contributed by atoms with Gasteiger partial charge in [-0.1, -0.05) is 31.5 Å². The molecular formula is C81H102ClF2N13O16S8. The van der Waals surface area contributed by atoms with E-state index in [1.165, 1.54) is 178 Å². The predicted octanol–water partition coefficient (Wildman–Crippen LogP) is 12.9. The van der Waals surface area contributed by atoms with E-state index < -0.39 is 91.8 Å². The Balaban J connectivity index is 0.000000169. The van der Waals surface area contributed by atoms with Crippen LogP contribution in [0.1, 0.15) is 78.1 Å². The van der Waals surface area contributed by atoms with E-state index in [0.717, 1.165) is 138 Å². The Morgan fingerprint density at radius 1 is 0.355 bits per heavy atom. The molecular weight excluding hydrogens is 1740 g/mol. The Kier molecular flexibility index (Phi) is 30.7. The maximum absolute atomic E-state index is 14.5. The molecule has 2 atom stereocenters. The van der Waals surface area contributed by atoms with Gasteiger partial charge in [-0.25, -0.2) is 93.3 Å². The molecule has 4 aliphatic heterocycles. The summed E-state index contributed by atoms with van der Waals surface area (Å²) in [4.78, 5) is 12.4. The zero-order valence-corrected chi connectivity index (χ0v) is 75.9. The average molecular weight is 1840 g/mol. The van der Waals surface area contributed by atoms with Gasteiger partial charge in [0.1, 0.15) is 11.6 Å². The summed E-state index contributed by atoms with van der Waals surface area (Å²) in [5.41, 5.74) is 4.37. The van der Waals surface area contributed by atoms with Gasteiger partial charge in [-0.3, -0.25) is 23.9 Å². The standard InChI is InChI=1S/C22H26N4O4S2.C20H26ClN3O4S2.C20H26FN3O4S2.C19H24FN3O4S2/c1-25(2)32(29,30)18-10-8-17(9-11-18)31(27,28)24-22-19-7-6-14-23-20(19)12-13-21(22)26-15-4-3-5-16-26;2*1-15-5-4-12-24(14-15)20-11-6-16(21)13-19(20)22-29(25,26)17-7-9-18(10-8-17)30(27,28)23(2)3;1-22(2)29(26,27)16-11-9-15(10-12-16)28(24,25)21-18-8-6-7-17(20)19(18)23-13-4-3-5-14-23/h6-14,24H,3-5,15-16H2,1-2H3;2*6-11,13,15,22H,4-5,12,14H2,1-3H3;6-12,21H,3-5,13-14H2,1-2H3. The van der Waals surface area contributed by atoms with Crippen molar-refractivity contribution < 1.29 is 76.1 Å². The lowest BCUT2D eigenvalue weighted by Crippen LogP contribution is -2.35. The first-order valence-corrected chi connectivity index (χ1v) is 50.9. The van der Waals surface area contributed by atoms with Gasteiger partial charge in [0.25, 0.3) is 40.1 Å². The summed E-state index contributed by atoms with van der Waals surface area (Å²) in [5.74, 6) is -0.0574. The molecule has 0 bridgehead atoms. The summed E-state index contributed by atoms with van der Waals surface area (Å²) in [6.45, 7) is 10.6. The van der Waals surface area contributed by atoms with E-state index in [1.54, 1.807) is 30.5 Å². The molecule has 13 rings (SSSR count). The van der Waals surface area contributed by atoms with Crippen molar-refractivity contribution in [2.45, 2.75) is 117 Å². The van der Waals surface area contributed by atoms with E-state index in [4.69, 9.17) is 11.6 Å². The summed E-state index contributed by atoms with van der Waals surface area (Å²) in [6.07, 6.45) is 12.1. The van der Waals surface area contributed by atoms with Crippen LogP contribution < -0.4 is 38.5 Å². The van der Waals surface area contributed by atoms with Crippen LogP contribution in [0.3, 0.4) is 0 Å². The Labute approximate surface area is 716 Å². The highest BCUT2D eigenvalue weighted by molar-refractivity contribution is 7.94. The quantitative estimate of drug-likeness (QED) is 0.0436. The lowest BCUT2D eigenvalue weighted by Gasteiger charge is -2.34. The van der Waals surface area contributed by atoms with E-state index in [0.29, 0.717) is 57.9 Å². The maximum Gasteiger partial charge on any atom is 0.261 e. The zero-order chi connectivity index (χ0) is 88.4. The molecule has 0 aliphatic carbocycles. The van der Waals surface area contributed by atoms with E-state index >= 15 is 0 Å². The van der Waals surface area contributed by atoms with Crippen LogP contribution in [-0.2, 0) is 80.2 Å². The number of benzene rings is 8. The van der Waals surface area contributed by atoms with Crippen LogP contribution in [0.25, 0.3) is 10.9 Å². The van der Waals surface area contributed by atoms with Crippen LogP contribution in [0.4, 0.5) is 54.3 Å². The van der Waals surface area contributed by atoms with E-state index in [1.807, 2.05) is 29.2 Å². The molecule has 1 aromatic heterocycles. The summed E-state index contributed by atoms with van der Waals surface area (Å²) in [6, 6.07) is 41.1. The molecule has 9 aromatic rings. The first-order chi connectivity index (χ1) is 56.8. The molecule has 4 aliphatic rings. The minimum atomic E-state index is -4.04. The molecule has 0 saturated carbocycles. The number of nitrogens with zero attached hydrogens (tertiary/aromatic N) is 9. The highest BCUT2D eigenvalue weighted by Crippen LogP contribution is 2.40. The predicted molar refractivity (Wildman–Crippen MR) is 472 cm³/mol. The number of nitrogens with one attached hydrogen (secondary N) is 4. The SMILES string of the molecule is CC1CCCN(c2ccc(Cl)cc2NS(=O)(=O)c2ccc(S(=O)(=O)N(C)C)cc2)C1.CC1CCCN(c2ccc(F)cc2NS(=O)(=O)c2ccc(S(=O)(=O)N(C)C)cc2)C1.CN(C)S(=O)(=O)c1ccc(S(=O)(=O)Nc2c(N3CCCCC3)ccc3ncccc23)cc1.CN(C)S(=O)(=O)c1ccc(S(=O)(=O)Nc2cccc(F)c2N2CCCCC2)cc1. The fourth-order valence-corrected chi connectivity index (χ4v) is 22.1. The third-order valence-corrected chi connectivity index (χ3v) is 33.7. The average Bonchev–Trinajstić information content (AvgIpc) is 0.778. The first-order valence-electron chi connectivity index (χ1n) is 38.8. The molecule has 29 nitrogen and oxygen atoms in total. The molecule has 656 valence electrons. The normalized spacial score (nSPS) is 16.6. The number of pyridine rings is 1. The van der Waals surface area contributed by atoms with E-state index in [2.05, 4.69) is 52.4 Å². The highest BCUT2D eigenvalue weighted by atomic mass is 35.5. The van der Waals surface area contributed by atoms with Gasteiger partial charge in [-0.05, 0) is 240 Å². The minimum Gasteiger partial charge on any atom is -0.370 e. The van der Waals surface area contributed by atoms with Gasteiger partial charge in [0, 0.05) is 131 Å². The summed E-state index contributed by atoms with van der Waals surface area (Å²) in [7, 11) is -19.3. The number of para-hydroxylation sites is 1. The van der Waals surface area contributed by atoms with Gasteiger partial charge in [0.05, 0.1) is 90.2 Å². The smallest absolute Gasteiger partial charge is 0.261 e. The lowest BCUT2D eigenvalue weighted by atomic mass is 9.99. The van der Waals surface area contributed by atoms with Crippen molar-refractivity contribution in [3.63, 3.8) is 0 Å². The van der Waals surface area contributed by atoms with Crippen molar-refractivity contribution in [3.05, 3.63) is 199 Å². The molecule has 4 fully saturated rings. The summed E-state index contributed by atoms with van der Waals surface area (Å²) < 4.78 is 245. The molecule has 0 radical (unpaired) electrons. The van der Waals surface area contributed by atoms with E-state index in [-0.39, 0.29) is 56.2 Å². The van der Waals surface area contributed by atoms with Crippen molar-refractivity contribution in [3.8, 4) is 0 Å². The summed E-state index contributed by atoms with van der Waals surface area (Å²) in [5, 5.41) is 1.14. The largest absolute Gasteiger partial charge is 0.370 e. The Morgan fingerprint density at radius 3 is 1.10 bits per heavy atom. The van der Waals surface area contributed by atoms with Crippen LogP contribution in [-0.4, -0.2) is 198 Å². The van der Waals surface area contributed by atoms with E-state index in [9.17, 15) is 76.1 Å². The second-order valence-corrected chi connectivity index (χ2v) is 46.2. The third kappa shape index (κ3) is 23.2. The molecule has 4 saturated heterocycles. The molecule has 2 unspecified atom stereocenters. The topological polar surface area (TPSA) is 360 Å². The molecule has 0 amide bonds. The molecule has 5 heterocycles. The van der Waals surface area contributed by atoms with Gasteiger partial charge < -0.3 is 19.6 Å². The van der Waals surface area contributed by atoms with Crippen molar-refractivity contribution in [1.29, 1.82) is 0 Å². The first kappa shape index (κ1) is 94.4. The van der Waals surface area contributed by atoms with Crippen LogP contribution in [0.15, 0.2) is 221 Å². The number of rotatable bonds is 24. The van der Waals surface area contributed by atoms with Crippen LogP contribution in [0, 0.1) is 23.5 Å². The van der Waals surface area contributed by atoms with Crippen molar-refractivity contribution in [2.75, 3.05) is 147 Å². The highest BCUT2D eigenvalue weighted by Gasteiger charge is 2.31. The van der Waals surface area contributed by atoms with Gasteiger partial charge in [-0.15, -0.1) is 0 Å². The van der Waals surface area contributed by atoms with Crippen molar-refractivity contribution in [1.82, 2.24) is 22.2 Å². The minimum absolute atomic E-state index is 0.0128. The second kappa shape index (κ2) is 39.3. The Bertz CT molecular complexity index is 5970. The zero-order valence-electron chi connectivity index (χ0n) is 68.7. The monoisotopic (exact) mass is 1840 g/mol. The third-order valence-electron chi connectivity index (χ3n) is 20.7. The fraction of sp³-hybridized carbons (Fsp3) is 0.370. The second-order valence-electron chi connectivity index (χ2n) is 30.4. The lowest BCUT2D eigenvalue weighted by molar-refractivity contribution is 0.447. The molecule has 40 heteroatoms. The number of anilines is 8. The number of halogens is 3. The molecule has 121 heavy (non-hydrogen) atoms. The maximum atomic E-state index is 14.5. The van der Waals surface area contributed by atoms with Gasteiger partial charge in [0.15, 0.2) is 0 Å². The Hall–Kier alpha value is -8.84. The molecule has 8 aromatic carbocycles. The van der Waals surface area contributed by atoms with Crippen molar-refractivity contribution in [2.24, 2.45) is 11.8 Å². The summed E-state index contributed by atoms with van der Waals surface area (Å²) >= 11 is 6.14. The fourth-order valence-electron chi connectivity index (χ4n) is 14.0. The molecule has 0 spiro atoms. The van der Waals surface area contributed by atoms with Gasteiger partial charge in [0.2, 0.25) is 40.1 Å². The molecule has 4 N–H and O–H groups in total. The number of sulfonamides is 8. The number of aromatic nitrogens is 1. The number of hydrogen-bond acceptors (Lipinski definition) is 21. The number of piperidine rings is 4. The van der Waals surface area contributed by atoms with Crippen molar-refractivity contribution >= 4 is 148 Å². The van der Waals surface area contributed by atoms with Crippen LogP contribution in [0.2, 0.25) is 5.02 Å². The van der Waals surface area contributed by atoms with Crippen LogP contribution in [0.5, 0.6) is 0 Å². The van der Waals surface area contributed by atoms with Gasteiger partial charge in [-0.2, -0.15) is 0 Å². The number of hydrogen-bond donors (Lipinski definition) is 4. The number of fused-ring (bicyclic) bond motifs is 1. The van der Waals surface area contributed by atoms with Gasteiger partial charge >= 0.3 is 0 Å². The Morgan fingerprint density at radius 2 is 0.702 bits per heavy atom.